The zero-order chi connectivity index (χ0) is 15.1. The van der Waals surface area contributed by atoms with Gasteiger partial charge in [0.1, 0.15) is 5.78 Å². The first kappa shape index (κ1) is 20.5. The Morgan fingerprint density at radius 3 is 2.05 bits per heavy atom. The van der Waals surface area contributed by atoms with Crippen LogP contribution < -0.4 is 0 Å². The molecule has 4 heteroatoms. The molecular formula is C15H32N2O2. The van der Waals surface area contributed by atoms with E-state index in [1.807, 2.05) is 0 Å². The van der Waals surface area contributed by atoms with Crippen LogP contribution in [0.25, 0.3) is 0 Å². The summed E-state index contributed by atoms with van der Waals surface area (Å²) in [5, 5.41) is 16.8. The maximum Gasteiger partial charge on any atom is 0.173 e. The van der Waals surface area contributed by atoms with Crippen molar-refractivity contribution in [3.8, 4) is 0 Å². The Morgan fingerprint density at radius 2 is 1.63 bits per heavy atom. The molecule has 0 aliphatic rings. The highest BCUT2D eigenvalue weighted by Gasteiger charge is 2.17. The largest absolute Gasteiger partial charge is 0.368 e. The van der Waals surface area contributed by atoms with Gasteiger partial charge in [0.25, 0.3) is 0 Å². The number of azo groups is 1. The lowest BCUT2D eigenvalue weighted by molar-refractivity contribution is -0.117. The second-order valence-electron chi connectivity index (χ2n) is 5.13. The lowest BCUT2D eigenvalue weighted by atomic mass is 10.1. The predicted molar refractivity (Wildman–Crippen MR) is 80.4 cm³/mol. The van der Waals surface area contributed by atoms with Crippen LogP contribution in [-0.4, -0.2) is 23.7 Å². The number of hydrogen-bond donors (Lipinski definition) is 1. The number of hydrogen-bond acceptors (Lipinski definition) is 4. The molecule has 0 heterocycles. The third-order valence-corrected chi connectivity index (χ3v) is 2.70. The minimum Gasteiger partial charge on any atom is -0.368 e. The van der Waals surface area contributed by atoms with Crippen LogP contribution in [0.5, 0.6) is 0 Å². The lowest BCUT2D eigenvalue weighted by Crippen LogP contribution is -2.19. The van der Waals surface area contributed by atoms with E-state index in [4.69, 9.17) is 0 Å². The van der Waals surface area contributed by atoms with Crippen molar-refractivity contribution in [2.75, 3.05) is 7.05 Å². The van der Waals surface area contributed by atoms with E-state index in [9.17, 15) is 9.90 Å². The summed E-state index contributed by atoms with van der Waals surface area (Å²) < 4.78 is 0. The van der Waals surface area contributed by atoms with Crippen molar-refractivity contribution in [2.45, 2.75) is 84.8 Å². The summed E-state index contributed by atoms with van der Waals surface area (Å²) in [5.41, 5.74) is -0.941. The number of ketones is 1. The molecule has 114 valence electrons. The average Bonchev–Trinajstić information content (AvgIpc) is 2.30. The molecule has 0 saturated carbocycles. The Balaban J connectivity index is 0. The third-order valence-electron chi connectivity index (χ3n) is 2.70. The molecule has 0 amide bonds. The van der Waals surface area contributed by atoms with Crippen LogP contribution in [0, 0.1) is 0 Å². The fraction of sp³-hybridized carbons (Fsp3) is 0.933. The van der Waals surface area contributed by atoms with E-state index in [1.54, 1.807) is 20.9 Å². The molecule has 0 saturated heterocycles. The van der Waals surface area contributed by atoms with E-state index in [2.05, 4.69) is 24.1 Å². The second-order valence-corrected chi connectivity index (χ2v) is 5.13. The number of Topliss-reactive ketones (excluding diaryl/α,β-unsaturated/α-hetero) is 1. The van der Waals surface area contributed by atoms with Crippen LogP contribution >= 0.6 is 0 Å². The van der Waals surface area contributed by atoms with Gasteiger partial charge in [-0.1, -0.05) is 39.5 Å². The van der Waals surface area contributed by atoms with Gasteiger partial charge < -0.3 is 9.90 Å². The quantitative estimate of drug-likeness (QED) is 0.495. The second kappa shape index (κ2) is 13.7. The third kappa shape index (κ3) is 19.7. The highest BCUT2D eigenvalue weighted by Crippen LogP contribution is 2.15. The highest BCUT2D eigenvalue weighted by atomic mass is 16.3. The molecule has 0 aliphatic carbocycles. The smallest absolute Gasteiger partial charge is 0.173 e. The molecule has 0 aromatic carbocycles. The van der Waals surface area contributed by atoms with E-state index in [0.717, 1.165) is 25.7 Å². The molecule has 1 unspecified atom stereocenters. The van der Waals surface area contributed by atoms with Crippen LogP contribution in [0.4, 0.5) is 0 Å². The van der Waals surface area contributed by atoms with E-state index in [-0.39, 0.29) is 0 Å². The van der Waals surface area contributed by atoms with Crippen molar-refractivity contribution >= 4 is 5.78 Å². The summed E-state index contributed by atoms with van der Waals surface area (Å²) in [5.74, 6) is 0.318. The van der Waals surface area contributed by atoms with Crippen molar-refractivity contribution < 1.29 is 9.90 Å². The van der Waals surface area contributed by atoms with E-state index in [0.29, 0.717) is 12.2 Å². The molecule has 0 rings (SSSR count). The SMILES string of the molecule is CCCCCC(C)(O)N=NC.CCCCCC(C)=O. The number of rotatable bonds is 9. The monoisotopic (exact) mass is 272 g/mol. The minimum atomic E-state index is -0.941. The minimum absolute atomic E-state index is 0.318. The summed E-state index contributed by atoms with van der Waals surface area (Å²) in [6.45, 7) is 7.61. The zero-order valence-electron chi connectivity index (χ0n) is 13.4. The average molecular weight is 272 g/mol. The molecule has 0 spiro atoms. The van der Waals surface area contributed by atoms with E-state index >= 15 is 0 Å². The first-order valence-corrected chi connectivity index (χ1v) is 7.42. The Kier molecular flexibility index (Phi) is 14.8. The molecule has 1 N–H and O–H groups in total. The number of carbonyl (C=O) groups excluding carboxylic acids is 1. The van der Waals surface area contributed by atoms with Crippen molar-refractivity contribution in [1.29, 1.82) is 0 Å². The summed E-state index contributed by atoms with van der Waals surface area (Å²) in [4.78, 5) is 10.3. The van der Waals surface area contributed by atoms with Crippen LogP contribution in [0.15, 0.2) is 10.2 Å². The topological polar surface area (TPSA) is 62.0 Å². The summed E-state index contributed by atoms with van der Waals surface area (Å²) in [6.07, 6.45) is 8.28. The van der Waals surface area contributed by atoms with Gasteiger partial charge in [0.15, 0.2) is 5.72 Å². The molecule has 4 nitrogen and oxygen atoms in total. The fourth-order valence-electron chi connectivity index (χ4n) is 1.60. The Hall–Kier alpha value is -0.770. The summed E-state index contributed by atoms with van der Waals surface area (Å²) in [6, 6.07) is 0. The number of unbranched alkanes of at least 4 members (excludes halogenated alkanes) is 4. The molecule has 0 fully saturated rings. The standard InChI is InChI=1S/C8H18N2O.C7H14O/c1-4-5-6-7-8(2,11)10-9-3;1-3-4-5-6-7(2)8/h11H,4-7H2,1-3H3;3-6H2,1-2H3. The van der Waals surface area contributed by atoms with Crippen molar-refractivity contribution in [2.24, 2.45) is 10.2 Å². The van der Waals surface area contributed by atoms with Gasteiger partial charge >= 0.3 is 0 Å². The van der Waals surface area contributed by atoms with Gasteiger partial charge in [-0.05, 0) is 33.1 Å². The maximum absolute atomic E-state index is 10.3. The predicted octanol–water partition coefficient (Wildman–Crippen LogP) is 4.51. The fourth-order valence-corrected chi connectivity index (χ4v) is 1.60. The van der Waals surface area contributed by atoms with Crippen molar-refractivity contribution in [3.63, 3.8) is 0 Å². The van der Waals surface area contributed by atoms with Gasteiger partial charge in [0.2, 0.25) is 0 Å². The number of aliphatic hydroxyl groups is 1. The molecule has 0 bridgehead atoms. The summed E-state index contributed by atoms with van der Waals surface area (Å²) in [7, 11) is 1.58. The molecule has 0 radical (unpaired) electrons. The van der Waals surface area contributed by atoms with Crippen LogP contribution in [-0.2, 0) is 4.79 Å². The van der Waals surface area contributed by atoms with Gasteiger partial charge in [-0.3, -0.25) is 0 Å². The van der Waals surface area contributed by atoms with E-state index < -0.39 is 5.72 Å². The maximum atomic E-state index is 10.3. The zero-order valence-corrected chi connectivity index (χ0v) is 13.4. The van der Waals surface area contributed by atoms with E-state index in [1.165, 1.54) is 19.3 Å². The van der Waals surface area contributed by atoms with Crippen LogP contribution in [0.2, 0.25) is 0 Å². The van der Waals surface area contributed by atoms with Crippen LogP contribution in [0.3, 0.4) is 0 Å². The molecule has 0 aromatic heterocycles. The van der Waals surface area contributed by atoms with Crippen LogP contribution in [0.1, 0.15) is 79.1 Å². The first-order chi connectivity index (χ1) is 8.89. The van der Waals surface area contributed by atoms with Gasteiger partial charge in [-0.2, -0.15) is 10.2 Å². The van der Waals surface area contributed by atoms with Gasteiger partial charge in [0.05, 0.1) is 0 Å². The number of nitrogens with zero attached hydrogens (tertiary/aromatic N) is 2. The summed E-state index contributed by atoms with van der Waals surface area (Å²) >= 11 is 0. The number of carbonyl (C=O) groups is 1. The van der Waals surface area contributed by atoms with Crippen molar-refractivity contribution in [3.05, 3.63) is 0 Å². The molecule has 0 aromatic rings. The highest BCUT2D eigenvalue weighted by molar-refractivity contribution is 5.75. The molecule has 1 atom stereocenters. The molecular weight excluding hydrogens is 240 g/mol. The van der Waals surface area contributed by atoms with Gasteiger partial charge in [-0.15, -0.1) is 0 Å². The first-order valence-electron chi connectivity index (χ1n) is 7.42. The molecule has 19 heavy (non-hydrogen) atoms. The Bertz CT molecular complexity index is 238. The van der Waals surface area contributed by atoms with Gasteiger partial charge in [-0.25, -0.2) is 0 Å². The Morgan fingerprint density at radius 1 is 1.11 bits per heavy atom. The normalized spacial score (nSPS) is 13.8. The van der Waals surface area contributed by atoms with Gasteiger partial charge in [0, 0.05) is 13.5 Å². The van der Waals surface area contributed by atoms with Crippen molar-refractivity contribution in [1.82, 2.24) is 0 Å². The lowest BCUT2D eigenvalue weighted by Gasteiger charge is -2.15. The Labute approximate surface area is 118 Å². The molecule has 0 aliphatic heterocycles.